The first-order valence-corrected chi connectivity index (χ1v) is 7.35. The van der Waals surface area contributed by atoms with Crippen molar-refractivity contribution in [1.82, 2.24) is 9.97 Å². The number of hydrogen-bond donors (Lipinski definition) is 1. The van der Waals surface area contributed by atoms with Crippen LogP contribution in [0.15, 0.2) is 54.2 Å². The average molecular weight is 295 g/mol. The Morgan fingerprint density at radius 3 is 2.67 bits per heavy atom. The highest BCUT2D eigenvalue weighted by Crippen LogP contribution is 2.23. The van der Waals surface area contributed by atoms with Gasteiger partial charge in [-0.1, -0.05) is 18.2 Å². The smallest absolute Gasteiger partial charge is 0.275 e. The number of benzene rings is 1. The Morgan fingerprint density at radius 1 is 1.14 bits per heavy atom. The lowest BCUT2D eigenvalue weighted by molar-refractivity contribution is 0.102. The summed E-state index contributed by atoms with van der Waals surface area (Å²) in [6, 6.07) is 11.4. The SMILES string of the molecule is Cc1ccccc1NC(=O)c1csc(-c2ccncc2)n1. The second-order valence-electron chi connectivity index (χ2n) is 4.54. The lowest BCUT2D eigenvalue weighted by atomic mass is 10.2. The standard InChI is InChI=1S/C16H13N3OS/c1-11-4-2-3-5-13(11)18-15(20)14-10-21-16(19-14)12-6-8-17-9-7-12/h2-10H,1H3,(H,18,20). The number of carbonyl (C=O) groups is 1. The van der Waals surface area contributed by atoms with E-state index in [-0.39, 0.29) is 5.91 Å². The van der Waals surface area contributed by atoms with Crippen molar-refractivity contribution in [2.75, 3.05) is 5.32 Å². The molecule has 3 aromatic rings. The van der Waals surface area contributed by atoms with Gasteiger partial charge < -0.3 is 5.32 Å². The maximum atomic E-state index is 12.2. The van der Waals surface area contributed by atoms with Crippen molar-refractivity contribution in [3.8, 4) is 10.6 Å². The van der Waals surface area contributed by atoms with Crippen LogP contribution in [-0.2, 0) is 0 Å². The molecule has 104 valence electrons. The molecule has 2 heterocycles. The normalized spacial score (nSPS) is 10.3. The molecule has 0 atom stereocenters. The van der Waals surface area contributed by atoms with Crippen LogP contribution in [0, 0.1) is 6.92 Å². The summed E-state index contributed by atoms with van der Waals surface area (Å²) in [7, 11) is 0. The fourth-order valence-electron chi connectivity index (χ4n) is 1.90. The maximum Gasteiger partial charge on any atom is 0.275 e. The molecule has 0 saturated carbocycles. The summed E-state index contributed by atoms with van der Waals surface area (Å²) in [5.74, 6) is -0.194. The highest BCUT2D eigenvalue weighted by atomic mass is 32.1. The maximum absolute atomic E-state index is 12.2. The molecule has 2 aromatic heterocycles. The number of rotatable bonds is 3. The van der Waals surface area contributed by atoms with Crippen LogP contribution in [0.1, 0.15) is 16.1 Å². The minimum atomic E-state index is -0.194. The summed E-state index contributed by atoms with van der Waals surface area (Å²) in [5.41, 5.74) is 3.22. The zero-order chi connectivity index (χ0) is 14.7. The minimum absolute atomic E-state index is 0.194. The number of nitrogens with zero attached hydrogens (tertiary/aromatic N) is 2. The fraction of sp³-hybridized carbons (Fsp3) is 0.0625. The van der Waals surface area contributed by atoms with Gasteiger partial charge in [-0.3, -0.25) is 9.78 Å². The predicted octanol–water partition coefficient (Wildman–Crippen LogP) is 3.77. The fourth-order valence-corrected chi connectivity index (χ4v) is 2.71. The van der Waals surface area contributed by atoms with Crippen molar-refractivity contribution in [2.45, 2.75) is 6.92 Å². The Morgan fingerprint density at radius 2 is 1.90 bits per heavy atom. The number of nitrogens with one attached hydrogen (secondary N) is 1. The van der Waals surface area contributed by atoms with E-state index in [9.17, 15) is 4.79 Å². The van der Waals surface area contributed by atoms with Crippen LogP contribution in [0.3, 0.4) is 0 Å². The zero-order valence-corrected chi connectivity index (χ0v) is 12.2. The molecule has 21 heavy (non-hydrogen) atoms. The molecule has 1 aromatic carbocycles. The average Bonchev–Trinajstić information content (AvgIpc) is 3.00. The summed E-state index contributed by atoms with van der Waals surface area (Å²) < 4.78 is 0. The molecular weight excluding hydrogens is 282 g/mol. The van der Waals surface area contributed by atoms with Gasteiger partial charge in [-0.2, -0.15) is 0 Å². The molecule has 0 unspecified atom stereocenters. The van der Waals surface area contributed by atoms with Crippen LogP contribution < -0.4 is 5.32 Å². The Kier molecular flexibility index (Phi) is 3.75. The summed E-state index contributed by atoms with van der Waals surface area (Å²) >= 11 is 1.45. The van der Waals surface area contributed by atoms with Crippen LogP contribution in [0.5, 0.6) is 0 Å². The Labute approximate surface area is 126 Å². The summed E-state index contributed by atoms with van der Waals surface area (Å²) in [6.07, 6.45) is 3.42. The van der Waals surface area contributed by atoms with Crippen LogP contribution >= 0.6 is 11.3 Å². The molecule has 0 aliphatic heterocycles. The topological polar surface area (TPSA) is 54.9 Å². The van der Waals surface area contributed by atoms with Crippen molar-refractivity contribution in [3.05, 3.63) is 65.4 Å². The Balaban J connectivity index is 1.80. The first-order chi connectivity index (χ1) is 10.2. The molecule has 0 bridgehead atoms. The first-order valence-electron chi connectivity index (χ1n) is 6.47. The number of para-hydroxylation sites is 1. The monoisotopic (exact) mass is 295 g/mol. The van der Waals surface area contributed by atoms with Gasteiger partial charge in [0, 0.05) is 29.0 Å². The largest absolute Gasteiger partial charge is 0.320 e. The van der Waals surface area contributed by atoms with Gasteiger partial charge in [-0.05, 0) is 30.7 Å². The molecule has 1 amide bonds. The second kappa shape index (κ2) is 5.85. The molecular formula is C16H13N3OS. The Bertz CT molecular complexity index is 768. The third-order valence-corrected chi connectivity index (χ3v) is 3.95. The number of hydrogen-bond acceptors (Lipinski definition) is 4. The lowest BCUT2D eigenvalue weighted by Crippen LogP contribution is -2.13. The number of pyridine rings is 1. The van der Waals surface area contributed by atoms with Gasteiger partial charge in [0.25, 0.3) is 5.91 Å². The van der Waals surface area contributed by atoms with E-state index in [4.69, 9.17) is 0 Å². The van der Waals surface area contributed by atoms with Crippen molar-refractivity contribution in [3.63, 3.8) is 0 Å². The third kappa shape index (κ3) is 2.98. The minimum Gasteiger partial charge on any atom is -0.320 e. The van der Waals surface area contributed by atoms with Gasteiger partial charge in [0.2, 0.25) is 0 Å². The number of amides is 1. The van der Waals surface area contributed by atoms with E-state index < -0.39 is 0 Å². The highest BCUT2D eigenvalue weighted by Gasteiger charge is 2.12. The van der Waals surface area contributed by atoms with Crippen molar-refractivity contribution >= 4 is 22.9 Å². The van der Waals surface area contributed by atoms with Gasteiger partial charge in [-0.25, -0.2) is 4.98 Å². The van der Waals surface area contributed by atoms with Gasteiger partial charge in [-0.15, -0.1) is 11.3 Å². The van der Waals surface area contributed by atoms with Crippen LogP contribution in [-0.4, -0.2) is 15.9 Å². The van der Waals surface area contributed by atoms with Gasteiger partial charge >= 0.3 is 0 Å². The van der Waals surface area contributed by atoms with E-state index in [1.165, 1.54) is 11.3 Å². The first kappa shape index (κ1) is 13.5. The van der Waals surface area contributed by atoms with Crippen LogP contribution in [0.2, 0.25) is 0 Å². The van der Waals surface area contributed by atoms with E-state index in [1.807, 2.05) is 43.3 Å². The number of anilines is 1. The summed E-state index contributed by atoms with van der Waals surface area (Å²) in [6.45, 7) is 1.96. The van der Waals surface area contributed by atoms with E-state index in [1.54, 1.807) is 17.8 Å². The third-order valence-electron chi connectivity index (χ3n) is 3.06. The molecule has 0 fully saturated rings. The summed E-state index contributed by atoms with van der Waals surface area (Å²) in [4.78, 5) is 20.6. The number of thiazole rings is 1. The molecule has 4 nitrogen and oxygen atoms in total. The van der Waals surface area contributed by atoms with Crippen molar-refractivity contribution < 1.29 is 4.79 Å². The van der Waals surface area contributed by atoms with E-state index >= 15 is 0 Å². The molecule has 0 aliphatic carbocycles. The van der Waals surface area contributed by atoms with Gasteiger partial charge in [0.15, 0.2) is 0 Å². The summed E-state index contributed by atoms with van der Waals surface area (Å²) in [5, 5.41) is 5.46. The number of aryl methyl sites for hydroxylation is 1. The molecule has 3 rings (SSSR count). The Hall–Kier alpha value is -2.53. The van der Waals surface area contributed by atoms with E-state index in [2.05, 4.69) is 15.3 Å². The highest BCUT2D eigenvalue weighted by molar-refractivity contribution is 7.13. The molecule has 1 N–H and O–H groups in total. The quantitative estimate of drug-likeness (QED) is 0.800. The predicted molar refractivity (Wildman–Crippen MR) is 84.5 cm³/mol. The number of carbonyl (C=O) groups excluding carboxylic acids is 1. The van der Waals surface area contributed by atoms with Crippen molar-refractivity contribution in [1.29, 1.82) is 0 Å². The van der Waals surface area contributed by atoms with E-state index in [0.717, 1.165) is 21.8 Å². The van der Waals surface area contributed by atoms with Crippen molar-refractivity contribution in [2.24, 2.45) is 0 Å². The van der Waals surface area contributed by atoms with Gasteiger partial charge in [0.1, 0.15) is 10.7 Å². The van der Waals surface area contributed by atoms with Gasteiger partial charge in [0.05, 0.1) is 0 Å². The van der Waals surface area contributed by atoms with E-state index in [0.29, 0.717) is 5.69 Å². The molecule has 0 aliphatic rings. The number of aromatic nitrogens is 2. The zero-order valence-electron chi connectivity index (χ0n) is 11.4. The van der Waals surface area contributed by atoms with Crippen LogP contribution in [0.25, 0.3) is 10.6 Å². The molecule has 0 saturated heterocycles. The molecule has 0 spiro atoms. The molecule has 0 radical (unpaired) electrons. The second-order valence-corrected chi connectivity index (χ2v) is 5.40. The lowest BCUT2D eigenvalue weighted by Gasteiger charge is -2.06. The van der Waals surface area contributed by atoms with Crippen LogP contribution in [0.4, 0.5) is 5.69 Å². The molecule has 5 heteroatoms.